The molecule has 9 heteroatoms. The van der Waals surface area contributed by atoms with Gasteiger partial charge in [-0.3, -0.25) is 19.7 Å². The van der Waals surface area contributed by atoms with Gasteiger partial charge in [0.25, 0.3) is 5.91 Å². The molecule has 0 aliphatic rings. The van der Waals surface area contributed by atoms with Crippen LogP contribution >= 0.6 is 11.3 Å². The van der Waals surface area contributed by atoms with Crippen LogP contribution in [0.15, 0.2) is 51.4 Å². The number of hydrogen-bond acceptors (Lipinski definition) is 6. The Balaban J connectivity index is 1.63. The first-order valence-electron chi connectivity index (χ1n) is 9.60. The lowest BCUT2D eigenvalue weighted by molar-refractivity contribution is 0.102. The van der Waals surface area contributed by atoms with Crippen molar-refractivity contribution in [2.24, 2.45) is 0 Å². The summed E-state index contributed by atoms with van der Waals surface area (Å²) in [7, 11) is 1.60. The van der Waals surface area contributed by atoms with Gasteiger partial charge in [0.2, 0.25) is 0 Å². The summed E-state index contributed by atoms with van der Waals surface area (Å²) in [6.45, 7) is 4.12. The minimum atomic E-state index is -0.719. The lowest BCUT2D eigenvalue weighted by Crippen LogP contribution is -2.36. The molecular weight excluding hydrogens is 416 g/mol. The predicted molar refractivity (Wildman–Crippen MR) is 121 cm³/mol. The average Bonchev–Trinajstić information content (AvgIpc) is 3.22. The summed E-state index contributed by atoms with van der Waals surface area (Å²) in [5.41, 5.74) is 2.61. The van der Waals surface area contributed by atoms with Gasteiger partial charge in [0.1, 0.15) is 5.75 Å². The van der Waals surface area contributed by atoms with E-state index >= 15 is 0 Å². The molecule has 4 aromatic rings. The third-order valence-electron chi connectivity index (χ3n) is 4.91. The van der Waals surface area contributed by atoms with Crippen LogP contribution in [0.1, 0.15) is 22.8 Å². The number of nitrogens with one attached hydrogen (secondary N) is 2. The molecule has 158 valence electrons. The molecule has 0 atom stereocenters. The number of anilines is 1. The zero-order valence-electron chi connectivity index (χ0n) is 17.2. The SMILES string of the molecule is CCn1c(=O)c(=O)[nH]c2cc(C(=O)Nc3nc(-c4cc(C)ccc4OC)cs3)ccc21. The van der Waals surface area contributed by atoms with Gasteiger partial charge in [-0.25, -0.2) is 4.98 Å². The fourth-order valence-electron chi connectivity index (χ4n) is 3.38. The van der Waals surface area contributed by atoms with Gasteiger partial charge in [-0.2, -0.15) is 0 Å². The molecule has 0 aliphatic heterocycles. The number of aryl methyl sites for hydroxylation is 2. The quantitative estimate of drug-likeness (QED) is 0.467. The summed E-state index contributed by atoms with van der Waals surface area (Å²) in [4.78, 5) is 43.7. The lowest BCUT2D eigenvalue weighted by atomic mass is 10.1. The predicted octanol–water partition coefficient (Wildman–Crippen LogP) is 3.40. The molecule has 0 saturated heterocycles. The number of aromatic nitrogens is 3. The number of benzene rings is 2. The van der Waals surface area contributed by atoms with Crippen LogP contribution in [0.5, 0.6) is 5.75 Å². The highest BCUT2D eigenvalue weighted by Crippen LogP contribution is 2.33. The Morgan fingerprint density at radius 3 is 2.77 bits per heavy atom. The Morgan fingerprint density at radius 2 is 2.03 bits per heavy atom. The van der Waals surface area contributed by atoms with E-state index in [0.29, 0.717) is 39.7 Å². The molecule has 2 aromatic carbocycles. The molecule has 0 fully saturated rings. The van der Waals surface area contributed by atoms with E-state index in [2.05, 4.69) is 15.3 Å². The van der Waals surface area contributed by atoms with Gasteiger partial charge >= 0.3 is 11.1 Å². The van der Waals surface area contributed by atoms with E-state index in [1.165, 1.54) is 15.9 Å². The Kier molecular flexibility index (Phi) is 5.43. The first-order valence-corrected chi connectivity index (χ1v) is 10.5. The molecule has 2 N–H and O–H groups in total. The Morgan fingerprint density at radius 1 is 1.23 bits per heavy atom. The highest BCUT2D eigenvalue weighted by atomic mass is 32.1. The van der Waals surface area contributed by atoms with E-state index in [1.54, 1.807) is 32.2 Å². The maximum absolute atomic E-state index is 12.8. The number of carbonyl (C=O) groups excluding carboxylic acids is 1. The van der Waals surface area contributed by atoms with Crippen LogP contribution in [0.2, 0.25) is 0 Å². The van der Waals surface area contributed by atoms with E-state index < -0.39 is 11.1 Å². The van der Waals surface area contributed by atoms with Crippen molar-refractivity contribution >= 4 is 33.4 Å². The van der Waals surface area contributed by atoms with Gasteiger partial charge in [-0.15, -0.1) is 11.3 Å². The summed E-state index contributed by atoms with van der Waals surface area (Å²) in [5, 5.41) is 5.08. The van der Waals surface area contributed by atoms with Crippen LogP contribution in [-0.4, -0.2) is 27.6 Å². The lowest BCUT2D eigenvalue weighted by Gasteiger charge is -2.08. The third kappa shape index (κ3) is 3.87. The molecule has 2 aromatic heterocycles. The number of fused-ring (bicyclic) bond motifs is 1. The zero-order chi connectivity index (χ0) is 22.1. The Hall–Kier alpha value is -3.72. The molecule has 1 amide bonds. The fraction of sp³-hybridized carbons (Fsp3) is 0.182. The number of ether oxygens (including phenoxy) is 1. The number of thiazole rings is 1. The van der Waals surface area contributed by atoms with Crippen LogP contribution in [0.3, 0.4) is 0 Å². The average molecular weight is 436 g/mol. The maximum Gasteiger partial charge on any atom is 0.316 e. The number of aromatic amines is 1. The van der Waals surface area contributed by atoms with E-state index in [-0.39, 0.29) is 5.91 Å². The van der Waals surface area contributed by atoms with Gasteiger partial charge in [-0.1, -0.05) is 11.6 Å². The minimum Gasteiger partial charge on any atom is -0.496 e. The van der Waals surface area contributed by atoms with Crippen LogP contribution in [0.25, 0.3) is 22.3 Å². The monoisotopic (exact) mass is 436 g/mol. The normalized spacial score (nSPS) is 10.9. The third-order valence-corrected chi connectivity index (χ3v) is 5.67. The van der Waals surface area contributed by atoms with Crippen LogP contribution in [-0.2, 0) is 6.54 Å². The number of methoxy groups -OCH3 is 1. The van der Waals surface area contributed by atoms with Crippen LogP contribution in [0.4, 0.5) is 5.13 Å². The Bertz CT molecular complexity index is 1420. The summed E-state index contributed by atoms with van der Waals surface area (Å²) in [6, 6.07) is 10.6. The van der Waals surface area contributed by atoms with Gasteiger partial charge in [0.05, 0.1) is 23.8 Å². The van der Waals surface area contributed by atoms with E-state index in [0.717, 1.165) is 11.1 Å². The van der Waals surface area contributed by atoms with Crippen molar-refractivity contribution in [2.75, 3.05) is 12.4 Å². The molecule has 0 radical (unpaired) electrons. The van der Waals surface area contributed by atoms with Crippen molar-refractivity contribution in [3.8, 4) is 17.0 Å². The summed E-state index contributed by atoms with van der Waals surface area (Å²) < 4.78 is 6.79. The van der Waals surface area contributed by atoms with Crippen LogP contribution < -0.4 is 21.2 Å². The highest BCUT2D eigenvalue weighted by molar-refractivity contribution is 7.14. The minimum absolute atomic E-state index is 0.342. The molecule has 0 aliphatic carbocycles. The first-order chi connectivity index (χ1) is 14.9. The highest BCUT2D eigenvalue weighted by Gasteiger charge is 2.14. The molecule has 31 heavy (non-hydrogen) atoms. The van der Waals surface area contributed by atoms with Crippen molar-refractivity contribution in [3.05, 3.63) is 73.6 Å². The molecule has 8 nitrogen and oxygen atoms in total. The standard InChI is InChI=1S/C22H20N4O4S/c1-4-26-17-7-6-13(10-15(17)23-20(28)21(26)29)19(27)25-22-24-16(11-31-22)14-9-12(2)5-8-18(14)30-3/h5-11H,4H2,1-3H3,(H,23,28)(H,24,25,27). The van der Waals surface area contributed by atoms with Crippen molar-refractivity contribution in [1.29, 1.82) is 0 Å². The van der Waals surface area contributed by atoms with Crippen molar-refractivity contribution in [2.45, 2.75) is 20.4 Å². The van der Waals surface area contributed by atoms with Crippen molar-refractivity contribution in [3.63, 3.8) is 0 Å². The number of hydrogen-bond donors (Lipinski definition) is 2. The largest absolute Gasteiger partial charge is 0.496 e. The molecule has 2 heterocycles. The second-order valence-corrected chi connectivity index (χ2v) is 7.79. The second-order valence-electron chi connectivity index (χ2n) is 6.93. The molecule has 0 saturated carbocycles. The van der Waals surface area contributed by atoms with Gasteiger partial charge in [0, 0.05) is 23.1 Å². The Labute approximate surface area is 181 Å². The number of H-pyrrole nitrogens is 1. The number of nitrogens with zero attached hydrogens (tertiary/aromatic N) is 2. The molecular formula is C22H20N4O4S. The first kappa shape index (κ1) is 20.5. The smallest absolute Gasteiger partial charge is 0.316 e. The van der Waals surface area contributed by atoms with Gasteiger partial charge < -0.3 is 14.3 Å². The molecule has 0 spiro atoms. The number of rotatable bonds is 5. The van der Waals surface area contributed by atoms with Crippen molar-refractivity contribution in [1.82, 2.24) is 14.5 Å². The van der Waals surface area contributed by atoms with Crippen molar-refractivity contribution < 1.29 is 9.53 Å². The fourth-order valence-corrected chi connectivity index (χ4v) is 4.09. The van der Waals surface area contributed by atoms with Gasteiger partial charge in [0.15, 0.2) is 5.13 Å². The summed E-state index contributed by atoms with van der Waals surface area (Å²) in [6.07, 6.45) is 0. The number of carbonyl (C=O) groups is 1. The van der Waals surface area contributed by atoms with E-state index in [4.69, 9.17) is 4.74 Å². The summed E-state index contributed by atoms with van der Waals surface area (Å²) >= 11 is 1.30. The van der Waals surface area contributed by atoms with Crippen LogP contribution in [0, 0.1) is 6.92 Å². The maximum atomic E-state index is 12.8. The summed E-state index contributed by atoms with van der Waals surface area (Å²) in [5.74, 6) is 0.336. The molecule has 0 unspecified atom stereocenters. The van der Waals surface area contributed by atoms with E-state index in [1.807, 2.05) is 30.5 Å². The van der Waals surface area contributed by atoms with Gasteiger partial charge in [-0.05, 0) is 44.2 Å². The molecule has 0 bridgehead atoms. The van der Waals surface area contributed by atoms with E-state index in [9.17, 15) is 14.4 Å². The zero-order valence-corrected chi connectivity index (χ0v) is 18.0. The molecule has 4 rings (SSSR count). The topological polar surface area (TPSA) is 106 Å². The number of amides is 1. The second kappa shape index (κ2) is 8.19.